The van der Waals surface area contributed by atoms with Gasteiger partial charge in [0.25, 0.3) is 11.9 Å². The molecule has 0 saturated carbocycles. The van der Waals surface area contributed by atoms with Crippen LogP contribution in [0.1, 0.15) is 5.56 Å². The molecule has 0 aliphatic carbocycles. The number of oxazole rings is 1. The molecule has 2 aliphatic heterocycles. The van der Waals surface area contributed by atoms with Gasteiger partial charge in [0, 0.05) is 18.9 Å². The summed E-state index contributed by atoms with van der Waals surface area (Å²) in [6.07, 6.45) is 7.48. The van der Waals surface area contributed by atoms with E-state index in [0.29, 0.717) is 29.9 Å². The van der Waals surface area contributed by atoms with E-state index in [9.17, 15) is 4.79 Å². The Morgan fingerprint density at radius 1 is 1.43 bits per heavy atom. The summed E-state index contributed by atoms with van der Waals surface area (Å²) in [6, 6.07) is 5.79. The van der Waals surface area contributed by atoms with Crippen molar-refractivity contribution < 1.29 is 19.1 Å². The van der Waals surface area contributed by atoms with Crippen molar-refractivity contribution in [1.82, 2.24) is 20.5 Å². The Morgan fingerprint density at radius 3 is 3.18 bits per heavy atom. The fourth-order valence-electron chi connectivity index (χ4n) is 3.13. The quantitative estimate of drug-likeness (QED) is 0.510. The fourth-order valence-corrected chi connectivity index (χ4v) is 3.13. The van der Waals surface area contributed by atoms with Crippen molar-refractivity contribution in [1.29, 1.82) is 0 Å². The molecule has 2 aromatic rings. The number of rotatable bonds is 7. The number of nitrogens with one attached hydrogen (secondary N) is 2. The summed E-state index contributed by atoms with van der Waals surface area (Å²) in [5.41, 5.74) is 9.32. The molecule has 0 bridgehead atoms. The first-order chi connectivity index (χ1) is 13.7. The van der Waals surface area contributed by atoms with Crippen LogP contribution in [0, 0.1) is 0 Å². The van der Waals surface area contributed by atoms with Crippen molar-refractivity contribution in [2.24, 2.45) is 0 Å². The van der Waals surface area contributed by atoms with E-state index < -0.39 is 0 Å². The molecule has 1 atom stereocenters. The highest BCUT2D eigenvalue weighted by Gasteiger charge is 2.29. The number of aliphatic hydroxyl groups excluding tert-OH is 1. The van der Waals surface area contributed by atoms with E-state index in [4.69, 9.17) is 20.0 Å². The number of anilines is 1. The molecule has 9 nitrogen and oxygen atoms in total. The van der Waals surface area contributed by atoms with Gasteiger partial charge in [-0.05, 0) is 29.3 Å². The van der Waals surface area contributed by atoms with Gasteiger partial charge >= 0.3 is 0 Å². The second-order valence-corrected chi connectivity index (χ2v) is 6.32. The van der Waals surface area contributed by atoms with Crippen molar-refractivity contribution in [3.63, 3.8) is 0 Å². The van der Waals surface area contributed by atoms with Crippen molar-refractivity contribution in [3.8, 4) is 0 Å². The van der Waals surface area contributed by atoms with Gasteiger partial charge in [0.2, 0.25) is 0 Å². The standard InChI is InChI=1S/C19H21N5O4/c20-19-23-14-9-12(1-3-16(14)28-19)13-2-4-17-22-10-15(24(17)11-13)18(26)21-5-7-27-8-6-25/h1-4,9-11,17,22,25H,5-8H2,(H2,20,23)(H,21,26). The largest absolute Gasteiger partial charge is 0.424 e. The van der Waals surface area contributed by atoms with E-state index in [1.807, 2.05) is 41.5 Å². The average Bonchev–Trinajstić information content (AvgIpc) is 3.28. The van der Waals surface area contributed by atoms with Crippen LogP contribution in [0.3, 0.4) is 0 Å². The summed E-state index contributed by atoms with van der Waals surface area (Å²) in [6.45, 7) is 0.932. The molecule has 28 heavy (non-hydrogen) atoms. The van der Waals surface area contributed by atoms with Crippen molar-refractivity contribution >= 4 is 28.6 Å². The Balaban J connectivity index is 1.48. The highest BCUT2D eigenvalue weighted by atomic mass is 16.5. The Morgan fingerprint density at radius 2 is 2.32 bits per heavy atom. The minimum absolute atomic E-state index is 0.0366. The maximum Gasteiger partial charge on any atom is 0.292 e. The Bertz CT molecular complexity index is 978. The lowest BCUT2D eigenvalue weighted by molar-refractivity contribution is -0.118. The molecule has 1 unspecified atom stereocenters. The maximum absolute atomic E-state index is 12.5. The van der Waals surface area contributed by atoms with Crippen molar-refractivity contribution in [2.45, 2.75) is 6.17 Å². The number of nitrogen functional groups attached to an aromatic ring is 1. The van der Waals surface area contributed by atoms with Crippen LogP contribution in [0.5, 0.6) is 0 Å². The number of hydrogen-bond donors (Lipinski definition) is 4. The number of allylic oxidation sites excluding steroid dienone is 2. The number of carbonyl (C=O) groups excluding carboxylic acids is 1. The van der Waals surface area contributed by atoms with Crippen LogP contribution in [0.4, 0.5) is 6.01 Å². The van der Waals surface area contributed by atoms with Gasteiger partial charge in [-0.15, -0.1) is 0 Å². The number of fused-ring (bicyclic) bond motifs is 2. The molecule has 5 N–H and O–H groups in total. The number of benzene rings is 1. The second-order valence-electron chi connectivity index (χ2n) is 6.32. The zero-order chi connectivity index (χ0) is 19.5. The van der Waals surface area contributed by atoms with Crippen LogP contribution in [0.25, 0.3) is 16.7 Å². The molecule has 3 heterocycles. The minimum atomic E-state index is -0.201. The Hall–Kier alpha value is -3.30. The Kier molecular flexibility index (Phi) is 5.00. The predicted octanol–water partition coefficient (Wildman–Crippen LogP) is 0.519. The first kappa shape index (κ1) is 18.1. The molecule has 0 fully saturated rings. The zero-order valence-corrected chi connectivity index (χ0v) is 15.1. The van der Waals surface area contributed by atoms with Crippen molar-refractivity contribution in [2.75, 3.05) is 32.1 Å². The molecule has 0 spiro atoms. The number of aromatic nitrogens is 1. The first-order valence-corrected chi connectivity index (χ1v) is 8.93. The normalized spacial score (nSPS) is 17.9. The minimum Gasteiger partial charge on any atom is -0.424 e. The van der Waals surface area contributed by atoms with Gasteiger partial charge in [0.1, 0.15) is 17.4 Å². The molecule has 1 aromatic heterocycles. The third kappa shape index (κ3) is 3.57. The lowest BCUT2D eigenvalue weighted by Crippen LogP contribution is -2.38. The zero-order valence-electron chi connectivity index (χ0n) is 15.1. The van der Waals surface area contributed by atoms with Gasteiger partial charge in [0.15, 0.2) is 5.58 Å². The third-order valence-corrected chi connectivity index (χ3v) is 4.44. The van der Waals surface area contributed by atoms with Crippen LogP contribution in [-0.2, 0) is 9.53 Å². The Labute approximate surface area is 161 Å². The maximum atomic E-state index is 12.5. The van der Waals surface area contributed by atoms with Crippen LogP contribution >= 0.6 is 0 Å². The van der Waals surface area contributed by atoms with Crippen LogP contribution in [-0.4, -0.2) is 53.4 Å². The van der Waals surface area contributed by atoms with E-state index in [0.717, 1.165) is 11.1 Å². The number of amides is 1. The summed E-state index contributed by atoms with van der Waals surface area (Å²) in [5.74, 6) is -0.201. The SMILES string of the molecule is Nc1nc2cc(C3=CN4C(C(=O)NCCOCCO)=CNC4C=C3)ccc2o1. The number of nitrogens with zero attached hydrogens (tertiary/aromatic N) is 2. The van der Waals surface area contributed by atoms with E-state index in [-0.39, 0.29) is 31.3 Å². The van der Waals surface area contributed by atoms with Crippen LogP contribution in [0.15, 0.2) is 52.9 Å². The van der Waals surface area contributed by atoms with Crippen LogP contribution < -0.4 is 16.4 Å². The highest BCUT2D eigenvalue weighted by molar-refractivity contribution is 5.94. The second kappa shape index (κ2) is 7.75. The predicted molar refractivity (Wildman–Crippen MR) is 103 cm³/mol. The summed E-state index contributed by atoms with van der Waals surface area (Å²) in [7, 11) is 0. The van der Waals surface area contributed by atoms with E-state index in [2.05, 4.69) is 15.6 Å². The molecular weight excluding hydrogens is 362 g/mol. The molecule has 146 valence electrons. The third-order valence-electron chi connectivity index (χ3n) is 4.44. The molecule has 1 amide bonds. The molecular formula is C19H21N5O4. The highest BCUT2D eigenvalue weighted by Crippen LogP contribution is 2.29. The summed E-state index contributed by atoms with van der Waals surface area (Å²) in [4.78, 5) is 18.5. The lowest BCUT2D eigenvalue weighted by atomic mass is 10.0. The lowest BCUT2D eigenvalue weighted by Gasteiger charge is -2.27. The number of aliphatic hydroxyl groups is 1. The molecule has 9 heteroatoms. The topological polar surface area (TPSA) is 126 Å². The molecule has 0 radical (unpaired) electrons. The first-order valence-electron chi connectivity index (χ1n) is 8.93. The summed E-state index contributed by atoms with van der Waals surface area (Å²) in [5, 5.41) is 14.7. The monoisotopic (exact) mass is 383 g/mol. The van der Waals surface area contributed by atoms with E-state index in [1.165, 1.54) is 0 Å². The number of carbonyl (C=O) groups is 1. The van der Waals surface area contributed by atoms with Gasteiger partial charge in [-0.3, -0.25) is 4.79 Å². The number of hydrogen-bond acceptors (Lipinski definition) is 8. The summed E-state index contributed by atoms with van der Waals surface area (Å²) < 4.78 is 10.5. The van der Waals surface area contributed by atoms with Gasteiger partial charge < -0.3 is 35.5 Å². The molecule has 2 aliphatic rings. The van der Waals surface area contributed by atoms with Gasteiger partial charge in [-0.1, -0.05) is 12.1 Å². The average molecular weight is 383 g/mol. The van der Waals surface area contributed by atoms with Crippen molar-refractivity contribution in [3.05, 3.63) is 54.0 Å². The van der Waals surface area contributed by atoms with E-state index in [1.54, 1.807) is 6.20 Å². The van der Waals surface area contributed by atoms with Gasteiger partial charge in [-0.25, -0.2) is 0 Å². The van der Waals surface area contributed by atoms with E-state index >= 15 is 0 Å². The summed E-state index contributed by atoms with van der Waals surface area (Å²) >= 11 is 0. The van der Waals surface area contributed by atoms with Gasteiger partial charge in [-0.2, -0.15) is 4.98 Å². The molecule has 4 rings (SSSR count). The molecule has 0 saturated heterocycles. The number of nitrogens with two attached hydrogens (primary N) is 1. The fraction of sp³-hybridized carbons (Fsp3) is 0.263. The smallest absolute Gasteiger partial charge is 0.292 e. The number of ether oxygens (including phenoxy) is 1. The van der Waals surface area contributed by atoms with Crippen LogP contribution in [0.2, 0.25) is 0 Å². The van der Waals surface area contributed by atoms with Gasteiger partial charge in [0.05, 0.1) is 19.8 Å². The molecule has 1 aromatic carbocycles.